The first-order valence-corrected chi connectivity index (χ1v) is 10.7. The molecule has 0 spiro atoms. The summed E-state index contributed by atoms with van der Waals surface area (Å²) in [6.45, 7) is 8.98. The van der Waals surface area contributed by atoms with E-state index in [9.17, 15) is 5.11 Å². The molecular formula is C20H40O11. The predicted octanol–water partition coefficient (Wildman–Crippen LogP) is -0.435. The molecule has 1 rings (SSSR count). The molecule has 1 saturated heterocycles. The van der Waals surface area contributed by atoms with Crippen molar-refractivity contribution in [3.8, 4) is 0 Å². The van der Waals surface area contributed by atoms with Crippen LogP contribution in [0.5, 0.6) is 0 Å². The fourth-order valence-electron chi connectivity index (χ4n) is 2.50. The zero-order valence-electron chi connectivity index (χ0n) is 18.8. The van der Waals surface area contributed by atoms with Crippen molar-refractivity contribution in [2.75, 3.05) is 99.1 Å². The van der Waals surface area contributed by atoms with Crippen molar-refractivity contribution in [3.63, 3.8) is 0 Å². The minimum absolute atomic E-state index is 0.0208. The first-order valence-electron chi connectivity index (χ1n) is 10.7. The summed E-state index contributed by atoms with van der Waals surface area (Å²) in [6.07, 6.45) is -0.893. The molecule has 186 valence electrons. The molecule has 1 aliphatic heterocycles. The van der Waals surface area contributed by atoms with E-state index in [0.29, 0.717) is 79.3 Å². The van der Waals surface area contributed by atoms with E-state index in [2.05, 4.69) is 0 Å². The monoisotopic (exact) mass is 456 g/mol. The molecule has 31 heavy (non-hydrogen) atoms. The summed E-state index contributed by atoms with van der Waals surface area (Å²) >= 11 is 0. The van der Waals surface area contributed by atoms with Gasteiger partial charge in [0.15, 0.2) is 12.1 Å². The van der Waals surface area contributed by atoms with Crippen molar-refractivity contribution in [2.45, 2.75) is 32.0 Å². The zero-order valence-corrected chi connectivity index (χ0v) is 18.8. The second kappa shape index (κ2) is 19.1. The number of ether oxygens (including phenoxy) is 9. The largest absolute Gasteiger partial charge is 0.394 e. The Balaban J connectivity index is 1.79. The average Bonchev–Trinajstić information content (AvgIpc) is 3.11. The van der Waals surface area contributed by atoms with Crippen molar-refractivity contribution in [1.82, 2.24) is 0 Å². The summed E-state index contributed by atoms with van der Waals surface area (Å²) in [4.78, 5) is 0. The van der Waals surface area contributed by atoms with Gasteiger partial charge in [-0.2, -0.15) is 0 Å². The lowest BCUT2D eigenvalue weighted by molar-refractivity contribution is -0.193. The summed E-state index contributed by atoms with van der Waals surface area (Å²) in [7, 11) is 0. The van der Waals surface area contributed by atoms with Gasteiger partial charge in [0.05, 0.1) is 99.1 Å². The molecule has 0 bridgehead atoms. The van der Waals surface area contributed by atoms with Gasteiger partial charge in [-0.3, -0.25) is 0 Å². The zero-order chi connectivity index (χ0) is 22.6. The molecule has 1 fully saturated rings. The van der Waals surface area contributed by atoms with Crippen LogP contribution in [0, 0.1) is 0 Å². The Morgan fingerprint density at radius 1 is 0.742 bits per heavy atom. The maximum absolute atomic E-state index is 9.32. The molecule has 2 N–H and O–H groups in total. The van der Waals surface area contributed by atoms with Crippen molar-refractivity contribution in [2.24, 2.45) is 0 Å². The van der Waals surface area contributed by atoms with Crippen molar-refractivity contribution < 1.29 is 52.8 Å². The van der Waals surface area contributed by atoms with Crippen LogP contribution in [0.15, 0.2) is 0 Å². The molecule has 0 aromatic carbocycles. The summed E-state index contributed by atoms with van der Waals surface area (Å²) < 4.78 is 48.6. The van der Waals surface area contributed by atoms with Crippen LogP contribution in [0.4, 0.5) is 0 Å². The van der Waals surface area contributed by atoms with Crippen molar-refractivity contribution in [1.29, 1.82) is 0 Å². The topological polar surface area (TPSA) is 124 Å². The van der Waals surface area contributed by atoms with E-state index in [1.54, 1.807) is 0 Å². The number of hydrogen-bond acceptors (Lipinski definition) is 11. The molecule has 2 unspecified atom stereocenters. The maximum Gasteiger partial charge on any atom is 0.180 e. The van der Waals surface area contributed by atoms with Gasteiger partial charge in [0.2, 0.25) is 0 Å². The Hall–Kier alpha value is -0.440. The van der Waals surface area contributed by atoms with E-state index in [-0.39, 0.29) is 25.9 Å². The number of aliphatic hydroxyl groups is 2. The summed E-state index contributed by atoms with van der Waals surface area (Å²) in [6, 6.07) is 0. The third-order valence-corrected chi connectivity index (χ3v) is 3.94. The Morgan fingerprint density at radius 2 is 1.23 bits per heavy atom. The van der Waals surface area contributed by atoms with Crippen LogP contribution in [-0.2, 0) is 42.6 Å². The predicted molar refractivity (Wildman–Crippen MR) is 109 cm³/mol. The quantitative estimate of drug-likeness (QED) is 0.163. The first-order chi connectivity index (χ1) is 15.1. The molecule has 0 amide bonds. The van der Waals surface area contributed by atoms with Crippen LogP contribution in [-0.4, -0.2) is 127 Å². The lowest BCUT2D eigenvalue weighted by Crippen LogP contribution is -2.30. The molecule has 11 heteroatoms. The van der Waals surface area contributed by atoms with E-state index >= 15 is 0 Å². The van der Waals surface area contributed by atoms with E-state index < -0.39 is 12.1 Å². The Labute approximate surface area is 184 Å². The third-order valence-electron chi connectivity index (χ3n) is 3.94. The maximum atomic E-state index is 9.32. The average molecular weight is 457 g/mol. The van der Waals surface area contributed by atoms with Crippen LogP contribution in [0.3, 0.4) is 0 Å². The second-order valence-electron chi connectivity index (χ2n) is 7.05. The number of aliphatic hydroxyl groups excluding tert-OH is 2. The second-order valence-corrected chi connectivity index (χ2v) is 7.05. The minimum Gasteiger partial charge on any atom is -0.394 e. The highest BCUT2D eigenvalue weighted by molar-refractivity contribution is 4.70. The van der Waals surface area contributed by atoms with Crippen molar-refractivity contribution in [3.05, 3.63) is 0 Å². The Bertz CT molecular complexity index is 397. The molecule has 1 aliphatic rings. The van der Waals surface area contributed by atoms with Crippen LogP contribution in [0.1, 0.15) is 13.8 Å². The number of hydrogen-bond donors (Lipinski definition) is 2. The minimum atomic E-state index is -0.721. The Kier molecular flexibility index (Phi) is 17.6. The highest BCUT2D eigenvalue weighted by Crippen LogP contribution is 2.22. The summed E-state index contributed by atoms with van der Waals surface area (Å²) in [5, 5.41) is 17.9. The summed E-state index contributed by atoms with van der Waals surface area (Å²) in [5.41, 5.74) is 0. The third kappa shape index (κ3) is 16.8. The molecule has 0 aromatic rings. The van der Waals surface area contributed by atoms with Gasteiger partial charge >= 0.3 is 0 Å². The molecule has 1 heterocycles. The van der Waals surface area contributed by atoms with Crippen LogP contribution < -0.4 is 0 Å². The number of rotatable bonds is 22. The first kappa shape index (κ1) is 28.6. The smallest absolute Gasteiger partial charge is 0.180 e. The lowest BCUT2D eigenvalue weighted by Gasteiger charge is -2.20. The molecular weight excluding hydrogens is 416 g/mol. The molecule has 11 nitrogen and oxygen atoms in total. The molecule has 0 saturated carbocycles. The molecule has 0 aromatic heterocycles. The van der Waals surface area contributed by atoms with Crippen LogP contribution in [0.2, 0.25) is 0 Å². The van der Waals surface area contributed by atoms with E-state index in [4.69, 9.17) is 47.7 Å². The SMILES string of the molecule is CC1(C)OCC(COC(CO)OCCOCCOCCOCCOCCOCCO)O1. The highest BCUT2D eigenvalue weighted by atomic mass is 16.8. The highest BCUT2D eigenvalue weighted by Gasteiger charge is 2.33. The van der Waals surface area contributed by atoms with Crippen LogP contribution >= 0.6 is 0 Å². The fraction of sp³-hybridized carbons (Fsp3) is 1.00. The van der Waals surface area contributed by atoms with Gasteiger partial charge in [0.25, 0.3) is 0 Å². The van der Waals surface area contributed by atoms with Gasteiger partial charge in [0.1, 0.15) is 6.10 Å². The van der Waals surface area contributed by atoms with Crippen molar-refractivity contribution >= 4 is 0 Å². The van der Waals surface area contributed by atoms with E-state index in [1.807, 2.05) is 13.8 Å². The van der Waals surface area contributed by atoms with E-state index in [0.717, 1.165) is 0 Å². The van der Waals surface area contributed by atoms with Gasteiger partial charge in [-0.1, -0.05) is 0 Å². The standard InChI is InChI=1S/C20H40O11/c1-20(2)30-17-18(31-20)16-29-19(15-22)28-14-13-27-12-11-26-10-9-25-8-7-24-6-5-23-4-3-21/h18-19,21-22H,3-17H2,1-2H3. The normalized spacial score (nSPS) is 19.2. The van der Waals surface area contributed by atoms with E-state index in [1.165, 1.54) is 0 Å². The molecule has 0 radical (unpaired) electrons. The Morgan fingerprint density at radius 3 is 1.65 bits per heavy atom. The summed E-state index contributed by atoms with van der Waals surface area (Å²) in [5.74, 6) is -0.600. The van der Waals surface area contributed by atoms with Crippen LogP contribution in [0.25, 0.3) is 0 Å². The van der Waals surface area contributed by atoms with Gasteiger partial charge in [-0.25, -0.2) is 0 Å². The van der Waals surface area contributed by atoms with Gasteiger partial charge in [-0.15, -0.1) is 0 Å². The lowest BCUT2D eigenvalue weighted by atomic mass is 10.4. The van der Waals surface area contributed by atoms with Gasteiger partial charge < -0.3 is 52.8 Å². The van der Waals surface area contributed by atoms with Gasteiger partial charge in [0, 0.05) is 0 Å². The molecule has 0 aliphatic carbocycles. The fourth-order valence-corrected chi connectivity index (χ4v) is 2.50. The van der Waals surface area contributed by atoms with Gasteiger partial charge in [-0.05, 0) is 13.8 Å². The molecule has 2 atom stereocenters.